The highest BCUT2D eigenvalue weighted by molar-refractivity contribution is 5.94. The van der Waals surface area contributed by atoms with Gasteiger partial charge in [-0.25, -0.2) is 0 Å². The third-order valence-electron chi connectivity index (χ3n) is 10.4. The third-order valence-corrected chi connectivity index (χ3v) is 10.4. The lowest BCUT2D eigenvalue weighted by Gasteiger charge is -2.58. The van der Waals surface area contributed by atoms with E-state index in [2.05, 4.69) is 34.6 Å². The summed E-state index contributed by atoms with van der Waals surface area (Å²) in [4.78, 5) is 36.6. The molecule has 3 aliphatic rings. The zero-order valence-electron chi connectivity index (χ0n) is 21.6. The molecule has 3 aliphatic carbocycles. The smallest absolute Gasteiger partial charge is 0.317 e. The fraction of sp³-hybridized carbons (Fsp3) is 0.893. The van der Waals surface area contributed by atoms with Gasteiger partial charge in [0.25, 0.3) is 0 Å². The van der Waals surface area contributed by atoms with Gasteiger partial charge in [0, 0.05) is 11.8 Å². The highest BCUT2D eigenvalue weighted by Crippen LogP contribution is 2.67. The van der Waals surface area contributed by atoms with Crippen LogP contribution in [-0.2, 0) is 14.4 Å². The number of hydrogen-bond donors (Lipinski definition) is 2. The Labute approximate surface area is 200 Å². The number of Topliss-reactive ketones (excluding diaryl/α,β-unsaturated/α-hetero) is 1. The summed E-state index contributed by atoms with van der Waals surface area (Å²) in [7, 11) is 0. The Balaban J connectivity index is 1.84. The van der Waals surface area contributed by atoms with Crippen molar-refractivity contribution in [2.75, 3.05) is 0 Å². The van der Waals surface area contributed by atoms with Crippen molar-refractivity contribution < 1.29 is 24.6 Å². The van der Waals surface area contributed by atoms with Gasteiger partial charge in [-0.15, -0.1) is 0 Å². The maximum Gasteiger partial charge on any atom is 0.317 e. The van der Waals surface area contributed by atoms with Crippen LogP contribution in [0.4, 0.5) is 0 Å². The van der Waals surface area contributed by atoms with Crippen LogP contribution in [0.3, 0.4) is 0 Å². The van der Waals surface area contributed by atoms with Crippen LogP contribution >= 0.6 is 0 Å². The van der Waals surface area contributed by atoms with E-state index in [1.807, 2.05) is 6.92 Å². The molecule has 0 amide bonds. The second-order valence-corrected chi connectivity index (χ2v) is 12.8. The highest BCUT2D eigenvalue weighted by atomic mass is 16.4. The Morgan fingerprint density at radius 3 is 2.21 bits per heavy atom. The van der Waals surface area contributed by atoms with Gasteiger partial charge >= 0.3 is 11.9 Å². The van der Waals surface area contributed by atoms with E-state index in [1.165, 1.54) is 32.1 Å². The number of rotatable bonds is 9. The lowest BCUT2D eigenvalue weighted by Crippen LogP contribution is -2.56. The number of ketones is 1. The molecule has 0 heterocycles. The van der Waals surface area contributed by atoms with Crippen LogP contribution in [0.2, 0.25) is 0 Å². The van der Waals surface area contributed by atoms with Gasteiger partial charge in [0.15, 0.2) is 5.92 Å². The normalized spacial score (nSPS) is 39.4. The van der Waals surface area contributed by atoms with E-state index in [1.54, 1.807) is 0 Å². The molecule has 3 saturated carbocycles. The summed E-state index contributed by atoms with van der Waals surface area (Å²) in [6.07, 6.45) is 8.64. The molecule has 0 aromatic heterocycles. The van der Waals surface area contributed by atoms with Gasteiger partial charge in [-0.2, -0.15) is 0 Å². The molecule has 33 heavy (non-hydrogen) atoms. The molecule has 3 rings (SSSR count). The maximum absolute atomic E-state index is 13.3. The van der Waals surface area contributed by atoms with E-state index in [4.69, 9.17) is 0 Å². The zero-order chi connectivity index (χ0) is 24.7. The molecule has 2 N–H and O–H groups in total. The topological polar surface area (TPSA) is 91.7 Å². The van der Waals surface area contributed by atoms with Crippen LogP contribution in [0.5, 0.6) is 0 Å². The minimum absolute atomic E-state index is 0.0731. The van der Waals surface area contributed by atoms with Crippen LogP contribution in [0, 0.1) is 58.2 Å². The van der Waals surface area contributed by atoms with Crippen LogP contribution in [-0.4, -0.2) is 27.9 Å². The van der Waals surface area contributed by atoms with Crippen molar-refractivity contribution in [3.63, 3.8) is 0 Å². The predicted molar refractivity (Wildman–Crippen MR) is 129 cm³/mol. The third kappa shape index (κ3) is 4.75. The van der Waals surface area contributed by atoms with E-state index in [0.29, 0.717) is 30.1 Å². The number of carboxylic acids is 2. The highest BCUT2D eigenvalue weighted by Gasteiger charge is 2.62. The Kier molecular flexibility index (Phi) is 7.70. The standard InChI is InChI=1S/C28H46O5/c1-16(2)8-7-9-17(3)20-10-11-21-24-18(4)14-23(29)28(6,15-19(25(30)31)26(32)33)22(24)12-13-27(20,21)5/h16-22,24H,7-15H2,1-6H3,(H,30,31)(H,32,33)/t17?,18?,20?,21?,22?,24?,27-,28-/m1/s1. The van der Waals surface area contributed by atoms with Gasteiger partial charge in [-0.05, 0) is 78.9 Å². The lowest BCUT2D eigenvalue weighted by molar-refractivity contribution is -0.164. The average molecular weight is 463 g/mol. The Morgan fingerprint density at radius 1 is 1.00 bits per heavy atom. The molecule has 5 heteroatoms. The van der Waals surface area contributed by atoms with Crippen molar-refractivity contribution in [3.05, 3.63) is 0 Å². The van der Waals surface area contributed by atoms with Crippen molar-refractivity contribution in [1.29, 1.82) is 0 Å². The molecule has 188 valence electrons. The quantitative estimate of drug-likeness (QED) is 0.392. The van der Waals surface area contributed by atoms with Crippen molar-refractivity contribution in [1.82, 2.24) is 0 Å². The summed E-state index contributed by atoms with van der Waals surface area (Å²) in [6.45, 7) is 13.6. The summed E-state index contributed by atoms with van der Waals surface area (Å²) < 4.78 is 0. The number of carbonyl (C=O) groups is 3. The molecule has 8 atom stereocenters. The molecule has 0 bridgehead atoms. The fourth-order valence-electron chi connectivity index (χ4n) is 8.59. The molecular formula is C28H46O5. The molecule has 0 spiro atoms. The van der Waals surface area contributed by atoms with E-state index in [0.717, 1.165) is 18.8 Å². The van der Waals surface area contributed by atoms with Crippen LogP contribution < -0.4 is 0 Å². The molecular weight excluding hydrogens is 416 g/mol. The fourth-order valence-corrected chi connectivity index (χ4v) is 8.59. The Morgan fingerprint density at radius 2 is 1.64 bits per heavy atom. The molecule has 0 aliphatic heterocycles. The lowest BCUT2D eigenvalue weighted by atomic mass is 9.45. The monoisotopic (exact) mass is 462 g/mol. The van der Waals surface area contributed by atoms with Gasteiger partial charge in [0.2, 0.25) is 0 Å². The van der Waals surface area contributed by atoms with Crippen molar-refractivity contribution >= 4 is 17.7 Å². The number of carbonyl (C=O) groups excluding carboxylic acids is 1. The first-order chi connectivity index (χ1) is 15.3. The average Bonchev–Trinajstić information content (AvgIpc) is 3.06. The molecule has 0 radical (unpaired) electrons. The van der Waals surface area contributed by atoms with E-state index in [-0.39, 0.29) is 29.5 Å². The molecule has 0 aromatic carbocycles. The second-order valence-electron chi connectivity index (χ2n) is 12.8. The minimum atomic E-state index is -1.52. The second kappa shape index (κ2) is 9.70. The number of hydrogen-bond acceptors (Lipinski definition) is 3. The summed E-state index contributed by atoms with van der Waals surface area (Å²) in [5.41, 5.74) is -0.589. The molecule has 0 saturated heterocycles. The van der Waals surface area contributed by atoms with Crippen molar-refractivity contribution in [3.8, 4) is 0 Å². The van der Waals surface area contributed by atoms with Gasteiger partial charge in [-0.3, -0.25) is 14.4 Å². The number of carboxylic acid groups (broad SMARTS) is 2. The van der Waals surface area contributed by atoms with Gasteiger partial charge < -0.3 is 10.2 Å². The molecule has 3 fully saturated rings. The summed E-state index contributed by atoms with van der Waals surface area (Å²) in [5.74, 6) is -0.658. The SMILES string of the molecule is CC(C)CCCC(C)C1CCC2C3C(C)CC(=O)[C@](C)(CC(C(=O)O)C(=O)O)C3CC[C@]12C. The van der Waals surface area contributed by atoms with Crippen LogP contribution in [0.1, 0.15) is 99.3 Å². The Hall–Kier alpha value is -1.39. The Bertz CT molecular complexity index is 745. The molecule has 6 unspecified atom stereocenters. The zero-order valence-corrected chi connectivity index (χ0v) is 21.6. The van der Waals surface area contributed by atoms with E-state index in [9.17, 15) is 24.6 Å². The first-order valence-electron chi connectivity index (χ1n) is 13.3. The van der Waals surface area contributed by atoms with Crippen molar-refractivity contribution in [2.24, 2.45) is 58.2 Å². The first kappa shape index (κ1) is 26.2. The van der Waals surface area contributed by atoms with Gasteiger partial charge in [0.05, 0.1) is 0 Å². The number of fused-ring (bicyclic) bond motifs is 3. The van der Waals surface area contributed by atoms with Crippen molar-refractivity contribution in [2.45, 2.75) is 99.3 Å². The largest absolute Gasteiger partial charge is 0.481 e. The van der Waals surface area contributed by atoms with E-state index < -0.39 is 23.3 Å². The van der Waals surface area contributed by atoms with Gasteiger partial charge in [0.1, 0.15) is 5.78 Å². The summed E-state index contributed by atoms with van der Waals surface area (Å²) in [6, 6.07) is 0. The summed E-state index contributed by atoms with van der Waals surface area (Å²) >= 11 is 0. The van der Waals surface area contributed by atoms with Crippen LogP contribution in [0.15, 0.2) is 0 Å². The summed E-state index contributed by atoms with van der Waals surface area (Å²) in [5, 5.41) is 19.0. The van der Waals surface area contributed by atoms with E-state index >= 15 is 0 Å². The number of aliphatic carboxylic acids is 2. The predicted octanol–water partition coefficient (Wildman–Crippen LogP) is 6.30. The minimum Gasteiger partial charge on any atom is -0.481 e. The first-order valence-corrected chi connectivity index (χ1v) is 13.3. The van der Waals surface area contributed by atoms with Crippen LogP contribution in [0.25, 0.3) is 0 Å². The van der Waals surface area contributed by atoms with Gasteiger partial charge in [-0.1, -0.05) is 60.8 Å². The molecule has 5 nitrogen and oxygen atoms in total. The molecule has 0 aromatic rings. The maximum atomic E-state index is 13.3.